The van der Waals surface area contributed by atoms with Crippen LogP contribution in [0.5, 0.6) is 11.6 Å². The molecule has 0 radical (unpaired) electrons. The van der Waals surface area contributed by atoms with Crippen LogP contribution in [0.4, 0.5) is 0 Å². The molecule has 0 amide bonds. The number of hydrogen-bond donors (Lipinski definition) is 1. The minimum Gasteiger partial charge on any atom is -0.434 e. The summed E-state index contributed by atoms with van der Waals surface area (Å²) in [6.45, 7) is 0.769. The Labute approximate surface area is 105 Å². The molecule has 0 aromatic carbocycles. The van der Waals surface area contributed by atoms with Crippen LogP contribution in [0.3, 0.4) is 0 Å². The Kier molecular flexibility index (Phi) is 2.93. The van der Waals surface area contributed by atoms with Crippen molar-refractivity contribution in [2.75, 3.05) is 0 Å². The molecule has 1 aliphatic rings. The molecule has 1 fully saturated rings. The summed E-state index contributed by atoms with van der Waals surface area (Å²) < 4.78 is 7.19. The first-order valence-corrected chi connectivity index (χ1v) is 6.02. The van der Waals surface area contributed by atoms with Crippen molar-refractivity contribution in [3.8, 4) is 11.6 Å². The molecule has 6 heteroatoms. The van der Waals surface area contributed by atoms with Gasteiger partial charge in [0, 0.05) is 25.7 Å². The highest BCUT2D eigenvalue weighted by atomic mass is 16.5. The van der Waals surface area contributed by atoms with E-state index in [4.69, 9.17) is 4.74 Å². The van der Waals surface area contributed by atoms with Crippen LogP contribution < -0.4 is 10.1 Å². The number of aryl methyl sites for hydroxylation is 1. The van der Waals surface area contributed by atoms with Crippen molar-refractivity contribution in [1.29, 1.82) is 0 Å². The van der Waals surface area contributed by atoms with Gasteiger partial charge in [-0.05, 0) is 18.9 Å². The van der Waals surface area contributed by atoms with Crippen LogP contribution in [-0.2, 0) is 13.6 Å². The molecule has 18 heavy (non-hydrogen) atoms. The van der Waals surface area contributed by atoms with Crippen LogP contribution in [0, 0.1) is 0 Å². The summed E-state index contributed by atoms with van der Waals surface area (Å²) in [6.07, 6.45) is 5.97. The van der Waals surface area contributed by atoms with E-state index in [-0.39, 0.29) is 0 Å². The summed E-state index contributed by atoms with van der Waals surface area (Å²) in [7, 11) is 1.84. The van der Waals surface area contributed by atoms with Crippen LogP contribution in [0.25, 0.3) is 0 Å². The number of rotatable bonds is 5. The summed E-state index contributed by atoms with van der Waals surface area (Å²) in [5, 5.41) is 15.6. The first kappa shape index (κ1) is 11.2. The van der Waals surface area contributed by atoms with E-state index in [1.54, 1.807) is 17.1 Å². The number of nitrogens with one attached hydrogen (secondary N) is 1. The Balaban J connectivity index is 1.59. The Hall–Kier alpha value is -1.95. The fraction of sp³-hybridized carbons (Fsp3) is 0.417. The third kappa shape index (κ3) is 2.84. The molecular formula is C12H15N5O. The second-order valence-electron chi connectivity index (χ2n) is 4.47. The van der Waals surface area contributed by atoms with Gasteiger partial charge in [-0.1, -0.05) is 0 Å². The SMILES string of the molecule is Cn1cc(Oc2ccc(CNC3CC3)nn2)cn1. The first-order chi connectivity index (χ1) is 8.79. The van der Waals surface area contributed by atoms with Crippen LogP contribution in [-0.4, -0.2) is 26.0 Å². The predicted octanol–water partition coefficient (Wildman–Crippen LogP) is 1.25. The van der Waals surface area contributed by atoms with Gasteiger partial charge in [0.1, 0.15) is 0 Å². The highest BCUT2D eigenvalue weighted by molar-refractivity contribution is 5.21. The highest BCUT2D eigenvalue weighted by Gasteiger charge is 2.20. The van der Waals surface area contributed by atoms with E-state index < -0.39 is 0 Å². The average molecular weight is 245 g/mol. The maximum Gasteiger partial charge on any atom is 0.239 e. The molecule has 0 spiro atoms. The summed E-state index contributed by atoms with van der Waals surface area (Å²) in [5.41, 5.74) is 0.931. The van der Waals surface area contributed by atoms with Crippen LogP contribution in [0.1, 0.15) is 18.5 Å². The van der Waals surface area contributed by atoms with E-state index in [1.807, 2.05) is 19.2 Å². The Morgan fingerprint density at radius 3 is 2.89 bits per heavy atom. The second-order valence-corrected chi connectivity index (χ2v) is 4.47. The topological polar surface area (TPSA) is 64.9 Å². The lowest BCUT2D eigenvalue weighted by atomic mass is 10.4. The molecule has 0 aliphatic heterocycles. The zero-order valence-electron chi connectivity index (χ0n) is 10.2. The Bertz CT molecular complexity index is 518. The third-order valence-corrected chi connectivity index (χ3v) is 2.75. The molecule has 0 saturated heterocycles. The van der Waals surface area contributed by atoms with Crippen molar-refractivity contribution < 1.29 is 4.74 Å². The van der Waals surface area contributed by atoms with Crippen molar-refractivity contribution in [3.05, 3.63) is 30.2 Å². The minimum atomic E-state index is 0.484. The highest BCUT2D eigenvalue weighted by Crippen LogP contribution is 2.20. The van der Waals surface area contributed by atoms with Crippen LogP contribution in [0.15, 0.2) is 24.5 Å². The van der Waals surface area contributed by atoms with Gasteiger partial charge in [0.15, 0.2) is 5.75 Å². The number of ether oxygens (including phenoxy) is 1. The standard InChI is InChI=1S/C12H15N5O/c1-17-8-11(7-14-17)18-12-5-4-10(15-16-12)6-13-9-2-3-9/h4-5,7-9,13H,2-3,6H2,1H3. The van der Waals surface area contributed by atoms with Gasteiger partial charge in [-0.15, -0.1) is 5.10 Å². The van der Waals surface area contributed by atoms with Crippen molar-refractivity contribution in [2.24, 2.45) is 7.05 Å². The normalized spacial score (nSPS) is 14.7. The zero-order chi connectivity index (χ0) is 12.4. The van der Waals surface area contributed by atoms with Gasteiger partial charge in [-0.2, -0.15) is 10.2 Å². The predicted molar refractivity (Wildman–Crippen MR) is 65.2 cm³/mol. The third-order valence-electron chi connectivity index (χ3n) is 2.75. The molecule has 0 unspecified atom stereocenters. The number of nitrogens with zero attached hydrogens (tertiary/aromatic N) is 4. The smallest absolute Gasteiger partial charge is 0.239 e. The van der Waals surface area contributed by atoms with E-state index in [0.717, 1.165) is 12.2 Å². The zero-order valence-corrected chi connectivity index (χ0v) is 10.2. The van der Waals surface area contributed by atoms with Crippen LogP contribution >= 0.6 is 0 Å². The fourth-order valence-corrected chi connectivity index (χ4v) is 1.60. The second kappa shape index (κ2) is 4.73. The van der Waals surface area contributed by atoms with Gasteiger partial charge in [-0.25, -0.2) is 0 Å². The number of hydrogen-bond acceptors (Lipinski definition) is 5. The summed E-state index contributed by atoms with van der Waals surface area (Å²) in [4.78, 5) is 0. The molecule has 2 aromatic heterocycles. The summed E-state index contributed by atoms with van der Waals surface area (Å²) in [6, 6.07) is 4.43. The van der Waals surface area contributed by atoms with E-state index in [2.05, 4.69) is 20.6 Å². The lowest BCUT2D eigenvalue weighted by Crippen LogP contribution is -2.16. The maximum atomic E-state index is 5.51. The van der Waals surface area contributed by atoms with Crippen molar-refractivity contribution in [3.63, 3.8) is 0 Å². The van der Waals surface area contributed by atoms with Gasteiger partial charge < -0.3 is 10.1 Å². The van der Waals surface area contributed by atoms with Crippen LogP contribution in [0.2, 0.25) is 0 Å². The lowest BCUT2D eigenvalue weighted by Gasteiger charge is -2.03. The molecule has 1 aliphatic carbocycles. The van der Waals surface area contributed by atoms with Gasteiger partial charge in [-0.3, -0.25) is 4.68 Å². The van der Waals surface area contributed by atoms with Crippen molar-refractivity contribution in [2.45, 2.75) is 25.4 Å². The first-order valence-electron chi connectivity index (χ1n) is 6.02. The lowest BCUT2D eigenvalue weighted by molar-refractivity contribution is 0.452. The molecule has 94 valence electrons. The molecule has 0 atom stereocenters. The molecule has 0 bridgehead atoms. The largest absolute Gasteiger partial charge is 0.434 e. The van der Waals surface area contributed by atoms with E-state index in [1.165, 1.54) is 12.8 Å². The van der Waals surface area contributed by atoms with Crippen molar-refractivity contribution >= 4 is 0 Å². The maximum absolute atomic E-state index is 5.51. The van der Waals surface area contributed by atoms with Gasteiger partial charge >= 0.3 is 0 Å². The van der Waals surface area contributed by atoms with Gasteiger partial charge in [0.25, 0.3) is 0 Å². The van der Waals surface area contributed by atoms with E-state index in [0.29, 0.717) is 17.7 Å². The Morgan fingerprint density at radius 1 is 1.39 bits per heavy atom. The number of aromatic nitrogens is 4. The molecule has 2 heterocycles. The van der Waals surface area contributed by atoms with Gasteiger partial charge in [0.05, 0.1) is 18.1 Å². The average Bonchev–Trinajstić information content (AvgIpc) is 3.12. The minimum absolute atomic E-state index is 0.484. The van der Waals surface area contributed by atoms with Crippen molar-refractivity contribution in [1.82, 2.24) is 25.3 Å². The molecule has 1 saturated carbocycles. The molecule has 2 aromatic rings. The molecule has 6 nitrogen and oxygen atoms in total. The molecule has 3 rings (SSSR count). The quantitative estimate of drug-likeness (QED) is 0.859. The summed E-state index contributed by atoms with van der Waals surface area (Å²) >= 11 is 0. The molecule has 1 N–H and O–H groups in total. The van der Waals surface area contributed by atoms with E-state index in [9.17, 15) is 0 Å². The molecular weight excluding hydrogens is 230 g/mol. The monoisotopic (exact) mass is 245 g/mol. The summed E-state index contributed by atoms with van der Waals surface area (Å²) in [5.74, 6) is 1.15. The van der Waals surface area contributed by atoms with Gasteiger partial charge in [0.2, 0.25) is 5.88 Å². The van der Waals surface area contributed by atoms with E-state index >= 15 is 0 Å². The Morgan fingerprint density at radius 2 is 2.28 bits per heavy atom. The fourth-order valence-electron chi connectivity index (χ4n) is 1.60.